The predicted molar refractivity (Wildman–Crippen MR) is 53.9 cm³/mol. The Bertz CT molecular complexity index is 322. The zero-order chi connectivity index (χ0) is 11.4. The third kappa shape index (κ3) is 3.48. The summed E-state index contributed by atoms with van der Waals surface area (Å²) in [5.74, 6) is 0.0100. The summed E-state index contributed by atoms with van der Waals surface area (Å²) in [6.07, 6.45) is -2.59. The Labute approximate surface area is 95.4 Å². The Kier molecular flexibility index (Phi) is 4.57. The predicted octanol–water partition coefficient (Wildman–Crippen LogP) is 3.13. The van der Waals surface area contributed by atoms with Gasteiger partial charge in [-0.05, 0) is 17.7 Å². The van der Waals surface area contributed by atoms with Gasteiger partial charge in [0.15, 0.2) is 5.75 Å². The van der Waals surface area contributed by atoms with Crippen molar-refractivity contribution in [2.24, 2.45) is 0 Å². The maximum atomic E-state index is 11.9. The molecule has 1 N–H and O–H groups in total. The summed E-state index contributed by atoms with van der Waals surface area (Å²) in [6, 6.07) is 2.82. The number of hydrogen-bond acceptors (Lipinski definition) is 2. The summed E-state index contributed by atoms with van der Waals surface area (Å²) >= 11 is 11.5. The molecule has 0 fully saturated rings. The highest BCUT2D eigenvalue weighted by Crippen LogP contribution is 2.34. The molecule has 0 unspecified atom stereocenters. The lowest BCUT2D eigenvalue weighted by atomic mass is 10.2. The van der Waals surface area contributed by atoms with Crippen LogP contribution in [0.1, 0.15) is 5.56 Å². The van der Waals surface area contributed by atoms with Crippen molar-refractivity contribution < 1.29 is 18.6 Å². The van der Waals surface area contributed by atoms with Crippen LogP contribution in [0.4, 0.5) is 8.78 Å². The number of halogens is 4. The second-order valence-corrected chi connectivity index (χ2v) is 3.56. The summed E-state index contributed by atoms with van der Waals surface area (Å²) in [4.78, 5) is 0. The van der Waals surface area contributed by atoms with Gasteiger partial charge in [0.2, 0.25) is 0 Å². The molecule has 0 aliphatic heterocycles. The smallest absolute Gasteiger partial charge is 0.272 e. The van der Waals surface area contributed by atoms with Crippen LogP contribution in [0.25, 0.3) is 0 Å². The molecule has 1 aromatic carbocycles. The number of aliphatic hydroxyl groups is 1. The van der Waals surface area contributed by atoms with E-state index >= 15 is 0 Å². The molecule has 0 aliphatic carbocycles. The van der Waals surface area contributed by atoms with Crippen molar-refractivity contribution >= 4 is 23.2 Å². The van der Waals surface area contributed by atoms with E-state index in [2.05, 4.69) is 0 Å². The van der Waals surface area contributed by atoms with Gasteiger partial charge in [0, 0.05) is 0 Å². The molecule has 1 aromatic rings. The minimum absolute atomic E-state index is 0.0100. The number of alkyl halides is 2. The summed E-state index contributed by atoms with van der Waals surface area (Å²) in [7, 11) is 0. The van der Waals surface area contributed by atoms with Gasteiger partial charge in [-0.2, -0.15) is 0 Å². The van der Waals surface area contributed by atoms with Crippen LogP contribution >= 0.6 is 23.2 Å². The van der Waals surface area contributed by atoms with Crippen LogP contribution in [0, 0.1) is 0 Å². The zero-order valence-electron chi connectivity index (χ0n) is 7.51. The summed E-state index contributed by atoms with van der Waals surface area (Å²) in [6.45, 7) is -0.994. The topological polar surface area (TPSA) is 29.5 Å². The van der Waals surface area contributed by atoms with Gasteiger partial charge in [0.1, 0.15) is 6.61 Å². The third-order valence-corrected chi connectivity index (χ3v) is 2.16. The van der Waals surface area contributed by atoms with E-state index in [-0.39, 0.29) is 22.4 Å². The van der Waals surface area contributed by atoms with E-state index in [1.54, 1.807) is 0 Å². The van der Waals surface area contributed by atoms with Crippen molar-refractivity contribution in [3.8, 4) is 5.75 Å². The van der Waals surface area contributed by atoms with E-state index in [0.29, 0.717) is 5.56 Å². The minimum Gasteiger partial charge on any atom is -0.485 e. The molecule has 0 amide bonds. The molecular weight excluding hydrogens is 249 g/mol. The first kappa shape index (κ1) is 12.5. The normalized spacial score (nSPS) is 10.8. The van der Waals surface area contributed by atoms with Crippen molar-refractivity contribution in [3.63, 3.8) is 0 Å². The summed E-state index contributed by atoms with van der Waals surface area (Å²) < 4.78 is 28.5. The highest BCUT2D eigenvalue weighted by Gasteiger charge is 2.12. The zero-order valence-corrected chi connectivity index (χ0v) is 9.03. The molecule has 1 rings (SSSR count). The van der Waals surface area contributed by atoms with Gasteiger partial charge in [-0.15, -0.1) is 0 Å². The van der Waals surface area contributed by atoms with Crippen LogP contribution in [-0.2, 0) is 6.61 Å². The van der Waals surface area contributed by atoms with Crippen LogP contribution in [0.5, 0.6) is 5.75 Å². The average Bonchev–Trinajstić information content (AvgIpc) is 2.15. The number of hydrogen-bond donors (Lipinski definition) is 1. The van der Waals surface area contributed by atoms with Crippen LogP contribution in [0.3, 0.4) is 0 Å². The van der Waals surface area contributed by atoms with Crippen molar-refractivity contribution in [3.05, 3.63) is 27.7 Å². The largest absolute Gasteiger partial charge is 0.485 e. The molecule has 0 aliphatic rings. The van der Waals surface area contributed by atoms with E-state index in [0.717, 1.165) is 0 Å². The van der Waals surface area contributed by atoms with Crippen LogP contribution in [0.15, 0.2) is 12.1 Å². The molecule has 0 spiro atoms. The lowest BCUT2D eigenvalue weighted by Crippen LogP contribution is -2.07. The SMILES string of the molecule is OCc1cc(Cl)c(OCC(F)F)c(Cl)c1. The molecule has 0 saturated heterocycles. The van der Waals surface area contributed by atoms with Crippen molar-refractivity contribution in [2.45, 2.75) is 13.0 Å². The molecule has 0 atom stereocenters. The fourth-order valence-electron chi connectivity index (χ4n) is 0.988. The van der Waals surface area contributed by atoms with Gasteiger partial charge in [0.05, 0.1) is 16.7 Å². The molecule has 0 saturated carbocycles. The quantitative estimate of drug-likeness (QED) is 0.897. The lowest BCUT2D eigenvalue weighted by Gasteiger charge is -2.10. The first-order valence-electron chi connectivity index (χ1n) is 4.04. The van der Waals surface area contributed by atoms with Gasteiger partial charge in [-0.25, -0.2) is 8.78 Å². The van der Waals surface area contributed by atoms with Crippen LogP contribution in [0.2, 0.25) is 10.0 Å². The Hall–Kier alpha value is -0.580. The van der Waals surface area contributed by atoms with Gasteiger partial charge < -0.3 is 9.84 Å². The van der Waals surface area contributed by atoms with E-state index in [1.807, 2.05) is 0 Å². The molecule has 0 bridgehead atoms. The molecule has 15 heavy (non-hydrogen) atoms. The average molecular weight is 257 g/mol. The first-order chi connectivity index (χ1) is 7.04. The molecule has 0 radical (unpaired) electrons. The monoisotopic (exact) mass is 256 g/mol. The molecule has 2 nitrogen and oxygen atoms in total. The maximum absolute atomic E-state index is 11.9. The second kappa shape index (κ2) is 5.49. The Morgan fingerprint density at radius 3 is 2.20 bits per heavy atom. The number of aliphatic hydroxyl groups excluding tert-OH is 1. The van der Waals surface area contributed by atoms with E-state index in [9.17, 15) is 8.78 Å². The maximum Gasteiger partial charge on any atom is 0.272 e. The van der Waals surface area contributed by atoms with Crippen molar-refractivity contribution in [1.29, 1.82) is 0 Å². The fourth-order valence-corrected chi connectivity index (χ4v) is 1.63. The van der Waals surface area contributed by atoms with Gasteiger partial charge in [0.25, 0.3) is 6.43 Å². The van der Waals surface area contributed by atoms with Crippen molar-refractivity contribution in [1.82, 2.24) is 0 Å². The van der Waals surface area contributed by atoms with Crippen molar-refractivity contribution in [2.75, 3.05) is 6.61 Å². The number of ether oxygens (including phenoxy) is 1. The molecule has 84 valence electrons. The molecule has 0 aromatic heterocycles. The fraction of sp³-hybridized carbons (Fsp3) is 0.333. The highest BCUT2D eigenvalue weighted by atomic mass is 35.5. The third-order valence-electron chi connectivity index (χ3n) is 1.59. The Morgan fingerprint density at radius 2 is 1.80 bits per heavy atom. The lowest BCUT2D eigenvalue weighted by molar-refractivity contribution is 0.0820. The van der Waals surface area contributed by atoms with E-state index < -0.39 is 13.0 Å². The van der Waals surface area contributed by atoms with Gasteiger partial charge in [-0.1, -0.05) is 23.2 Å². The summed E-state index contributed by atoms with van der Waals surface area (Å²) in [5.41, 5.74) is 0.495. The second-order valence-electron chi connectivity index (χ2n) is 2.75. The molecule has 0 heterocycles. The molecule has 6 heteroatoms. The Balaban J connectivity index is 2.88. The van der Waals surface area contributed by atoms with Crippen LogP contribution < -0.4 is 4.74 Å². The van der Waals surface area contributed by atoms with Gasteiger partial charge >= 0.3 is 0 Å². The van der Waals surface area contributed by atoms with Gasteiger partial charge in [-0.3, -0.25) is 0 Å². The summed E-state index contributed by atoms with van der Waals surface area (Å²) in [5, 5.41) is 9.03. The first-order valence-corrected chi connectivity index (χ1v) is 4.80. The standard InChI is InChI=1S/C9H8Cl2F2O2/c10-6-1-5(3-14)2-7(11)9(6)15-4-8(12)13/h1-2,8,14H,3-4H2. The highest BCUT2D eigenvalue weighted by molar-refractivity contribution is 6.37. The minimum atomic E-state index is -2.59. The molecular formula is C9H8Cl2F2O2. The Morgan fingerprint density at radius 1 is 1.27 bits per heavy atom. The van der Waals surface area contributed by atoms with E-state index in [4.69, 9.17) is 33.0 Å². The number of benzene rings is 1. The number of rotatable bonds is 4. The van der Waals surface area contributed by atoms with E-state index in [1.165, 1.54) is 12.1 Å². The van der Waals surface area contributed by atoms with Crippen LogP contribution in [-0.4, -0.2) is 18.1 Å².